The molecule has 0 N–H and O–H groups in total. The Morgan fingerprint density at radius 3 is 0.556 bits per heavy atom. The first-order chi connectivity index (χ1) is 20.1. The van der Waals surface area contributed by atoms with Crippen molar-refractivity contribution in [2.75, 3.05) is 0 Å². The summed E-state index contributed by atoms with van der Waals surface area (Å²) in [6, 6.07) is 0. The maximum atomic E-state index is 10.9. The molecule has 0 rings (SSSR count). The van der Waals surface area contributed by atoms with E-state index in [1.165, 1.54) is 0 Å². The van der Waals surface area contributed by atoms with E-state index in [1.54, 1.807) is 55.4 Å². The normalized spacial score (nSPS) is 9.87. The standard InChI is InChI=1S/4C8H14O3.Zr/c4*1-6(2)7(9)4-3-5-8(10)11;/h4*6H,3-5H2,1-2H3,(H,10,11);/q;;;;+4/p-4. The van der Waals surface area contributed by atoms with Crippen molar-refractivity contribution in [3.63, 3.8) is 0 Å². The van der Waals surface area contributed by atoms with Gasteiger partial charge in [0.15, 0.2) is 0 Å². The predicted octanol–water partition coefficient (Wildman–Crippen LogP) is 0.524. The number of Topliss-reactive ketones (excluding diaryl/α,β-unsaturated/α-hetero) is 4. The summed E-state index contributed by atoms with van der Waals surface area (Å²) >= 11 is 0. The monoisotopic (exact) mass is 718 g/mol. The van der Waals surface area contributed by atoms with Crippen LogP contribution < -0.4 is 20.4 Å². The number of carboxylic acid groups (broad SMARTS) is 4. The Bertz CT molecular complexity index is 749. The molecule has 0 aliphatic carbocycles. The van der Waals surface area contributed by atoms with Gasteiger partial charge in [-0.25, -0.2) is 0 Å². The molecule has 0 unspecified atom stereocenters. The summed E-state index contributed by atoms with van der Waals surface area (Å²) in [6.07, 6.45) is 2.96. The van der Waals surface area contributed by atoms with Crippen LogP contribution in [0.25, 0.3) is 0 Å². The second-order valence-electron chi connectivity index (χ2n) is 11.4. The third-order valence-corrected chi connectivity index (χ3v) is 5.79. The molecule has 0 aliphatic heterocycles. The van der Waals surface area contributed by atoms with Gasteiger partial charge in [0.2, 0.25) is 0 Å². The molecular formula is C32H52O12Zr. The molecule has 45 heavy (non-hydrogen) atoms. The van der Waals surface area contributed by atoms with E-state index in [-0.39, 0.29) is 98.7 Å². The average Bonchev–Trinajstić information content (AvgIpc) is 2.88. The van der Waals surface area contributed by atoms with Crippen molar-refractivity contribution in [2.24, 2.45) is 23.7 Å². The number of aliphatic carboxylic acids is 4. The zero-order chi connectivity index (χ0) is 35.4. The molecule has 0 aromatic carbocycles. The Hall–Kier alpha value is -2.56. The molecular weight excluding hydrogens is 668 g/mol. The van der Waals surface area contributed by atoms with Crippen LogP contribution >= 0.6 is 0 Å². The molecule has 0 amide bonds. The topological polar surface area (TPSA) is 229 Å². The summed E-state index contributed by atoms with van der Waals surface area (Å²) in [7, 11) is 0. The Balaban J connectivity index is -0.000000157. The van der Waals surface area contributed by atoms with Crippen LogP contribution in [0.5, 0.6) is 0 Å². The third-order valence-electron chi connectivity index (χ3n) is 5.79. The molecule has 0 aromatic heterocycles. The van der Waals surface area contributed by atoms with Crippen molar-refractivity contribution in [1.29, 1.82) is 0 Å². The zero-order valence-corrected chi connectivity index (χ0v) is 30.7. The van der Waals surface area contributed by atoms with Gasteiger partial charge in [-0.3, -0.25) is 19.2 Å². The summed E-state index contributed by atoms with van der Waals surface area (Å²) in [5.41, 5.74) is 0. The predicted molar refractivity (Wildman–Crippen MR) is 155 cm³/mol. The van der Waals surface area contributed by atoms with E-state index in [2.05, 4.69) is 0 Å². The third kappa shape index (κ3) is 46.0. The minimum absolute atomic E-state index is 0. The molecule has 256 valence electrons. The van der Waals surface area contributed by atoms with Gasteiger partial charge in [0.1, 0.15) is 23.1 Å². The first kappa shape index (κ1) is 52.0. The van der Waals surface area contributed by atoms with E-state index in [4.69, 9.17) is 0 Å². The number of hydrogen-bond acceptors (Lipinski definition) is 12. The minimum atomic E-state index is -1.08. The summed E-state index contributed by atoms with van der Waals surface area (Å²) in [5, 5.41) is 39.7. The van der Waals surface area contributed by atoms with E-state index >= 15 is 0 Å². The van der Waals surface area contributed by atoms with Gasteiger partial charge in [0, 0.05) is 73.2 Å². The first-order valence-corrected chi connectivity index (χ1v) is 15.1. The molecule has 0 radical (unpaired) electrons. The molecule has 0 heterocycles. The van der Waals surface area contributed by atoms with Gasteiger partial charge in [-0.05, 0) is 51.4 Å². The second kappa shape index (κ2) is 32.8. The van der Waals surface area contributed by atoms with E-state index in [1.807, 2.05) is 0 Å². The van der Waals surface area contributed by atoms with Crippen molar-refractivity contribution in [1.82, 2.24) is 0 Å². The number of carbonyl (C=O) groups is 8. The quantitative estimate of drug-likeness (QED) is 0.168. The fourth-order valence-corrected chi connectivity index (χ4v) is 2.78. The van der Waals surface area contributed by atoms with Crippen LogP contribution in [0.2, 0.25) is 0 Å². The Morgan fingerprint density at radius 2 is 0.467 bits per heavy atom. The minimum Gasteiger partial charge on any atom is -0.550 e. The first-order valence-electron chi connectivity index (χ1n) is 15.1. The summed E-state index contributed by atoms with van der Waals surface area (Å²) in [5.74, 6) is -3.82. The van der Waals surface area contributed by atoms with E-state index < -0.39 is 23.9 Å². The number of carboxylic acids is 4. The van der Waals surface area contributed by atoms with Crippen LogP contribution in [0.15, 0.2) is 0 Å². The van der Waals surface area contributed by atoms with Gasteiger partial charge in [0.25, 0.3) is 0 Å². The Morgan fingerprint density at radius 1 is 0.333 bits per heavy atom. The van der Waals surface area contributed by atoms with Crippen LogP contribution in [-0.4, -0.2) is 47.0 Å². The average molecular weight is 720 g/mol. The molecule has 13 heteroatoms. The van der Waals surface area contributed by atoms with Gasteiger partial charge in [-0.2, -0.15) is 0 Å². The van der Waals surface area contributed by atoms with Crippen molar-refractivity contribution in [3.05, 3.63) is 0 Å². The van der Waals surface area contributed by atoms with Gasteiger partial charge in [0.05, 0.1) is 0 Å². The second-order valence-corrected chi connectivity index (χ2v) is 11.4. The molecule has 0 atom stereocenters. The fourth-order valence-electron chi connectivity index (χ4n) is 2.78. The van der Waals surface area contributed by atoms with Gasteiger partial charge >= 0.3 is 26.2 Å². The molecule has 12 nitrogen and oxygen atoms in total. The molecule has 0 aliphatic rings. The van der Waals surface area contributed by atoms with Crippen LogP contribution in [0.4, 0.5) is 0 Å². The zero-order valence-electron chi connectivity index (χ0n) is 28.2. The van der Waals surface area contributed by atoms with Crippen LogP contribution in [0, 0.1) is 23.7 Å². The van der Waals surface area contributed by atoms with Crippen molar-refractivity contribution in [3.8, 4) is 0 Å². The molecule has 0 bridgehead atoms. The van der Waals surface area contributed by atoms with E-state index in [0.717, 1.165) is 0 Å². The smallest absolute Gasteiger partial charge is 0.550 e. The number of rotatable bonds is 20. The maximum Gasteiger partial charge on any atom is 4.00 e. The number of carbonyl (C=O) groups excluding carboxylic acids is 8. The molecule has 0 saturated carbocycles. The fraction of sp³-hybridized carbons (Fsp3) is 0.750. The van der Waals surface area contributed by atoms with Crippen LogP contribution in [0.3, 0.4) is 0 Å². The van der Waals surface area contributed by atoms with Gasteiger partial charge in [-0.1, -0.05) is 55.4 Å². The largest absolute Gasteiger partial charge is 4.00 e. The molecule has 0 fully saturated rings. The van der Waals surface area contributed by atoms with Gasteiger partial charge in [-0.15, -0.1) is 0 Å². The van der Waals surface area contributed by atoms with Crippen LogP contribution in [-0.2, 0) is 64.6 Å². The number of ketones is 4. The van der Waals surface area contributed by atoms with Gasteiger partial charge < -0.3 is 39.6 Å². The summed E-state index contributed by atoms with van der Waals surface area (Å²) < 4.78 is 0. The molecule has 0 saturated heterocycles. The number of hydrogen-bond donors (Lipinski definition) is 0. The molecule has 0 aromatic rings. The van der Waals surface area contributed by atoms with E-state index in [0.29, 0.717) is 51.4 Å². The summed E-state index contributed by atoms with van der Waals surface area (Å²) in [4.78, 5) is 83.4. The SMILES string of the molecule is CC(C)C(=O)CCCC(=O)[O-].CC(C)C(=O)CCCC(=O)[O-].CC(C)C(=O)CCCC(=O)[O-].CC(C)C(=O)CCCC(=O)[O-].[Zr+4]. The van der Waals surface area contributed by atoms with Crippen LogP contribution in [0.1, 0.15) is 132 Å². The Labute approximate surface area is 287 Å². The van der Waals surface area contributed by atoms with Crippen molar-refractivity contribution < 1.29 is 85.0 Å². The van der Waals surface area contributed by atoms with Crippen molar-refractivity contribution in [2.45, 2.75) is 132 Å². The molecule has 0 spiro atoms. The van der Waals surface area contributed by atoms with Crippen molar-refractivity contribution >= 4 is 47.0 Å². The summed E-state index contributed by atoms with van der Waals surface area (Å²) in [6.45, 7) is 14.5. The maximum absolute atomic E-state index is 10.9. The Kier molecular flexibility index (Phi) is 37.9. The van der Waals surface area contributed by atoms with E-state index in [9.17, 15) is 58.8 Å².